The zero-order chi connectivity index (χ0) is 18.7. The van der Waals surface area contributed by atoms with E-state index in [0.29, 0.717) is 17.7 Å². The van der Waals surface area contributed by atoms with E-state index in [1.807, 2.05) is 31.2 Å². The van der Waals surface area contributed by atoms with E-state index < -0.39 is 23.8 Å². The van der Waals surface area contributed by atoms with Crippen LogP contribution < -0.4 is 10.1 Å². The minimum Gasteiger partial charge on any atom is -0.491 e. The largest absolute Gasteiger partial charge is 0.491 e. The standard InChI is InChI=1S/C20H20N2O4/c1-13-7-3-6-10-17(13)26-12-11-21-18(23)14(2)22-19(24)15-8-4-5-9-16(15)20(22)25/h3-10,14H,11-12H2,1-2H3,(H,21,23). The van der Waals surface area contributed by atoms with Crippen LogP contribution in [0, 0.1) is 6.92 Å². The highest BCUT2D eigenvalue weighted by Gasteiger charge is 2.40. The predicted octanol–water partition coefficient (Wildman–Crippen LogP) is 2.17. The maximum Gasteiger partial charge on any atom is 0.262 e. The van der Waals surface area contributed by atoms with Gasteiger partial charge in [0.2, 0.25) is 5.91 Å². The molecule has 1 aliphatic rings. The van der Waals surface area contributed by atoms with Crippen molar-refractivity contribution < 1.29 is 19.1 Å². The summed E-state index contributed by atoms with van der Waals surface area (Å²) in [6, 6.07) is 13.3. The molecule has 6 heteroatoms. The van der Waals surface area contributed by atoms with Gasteiger partial charge in [-0.15, -0.1) is 0 Å². The Morgan fingerprint density at radius 3 is 2.23 bits per heavy atom. The first-order valence-electron chi connectivity index (χ1n) is 8.43. The molecule has 0 aromatic heterocycles. The first kappa shape index (κ1) is 17.7. The van der Waals surface area contributed by atoms with Crippen molar-refractivity contribution in [2.24, 2.45) is 0 Å². The van der Waals surface area contributed by atoms with E-state index >= 15 is 0 Å². The summed E-state index contributed by atoms with van der Waals surface area (Å²) in [5, 5.41) is 2.71. The number of ether oxygens (including phenoxy) is 1. The fourth-order valence-corrected chi connectivity index (χ4v) is 2.88. The monoisotopic (exact) mass is 352 g/mol. The molecule has 134 valence electrons. The van der Waals surface area contributed by atoms with E-state index in [0.717, 1.165) is 16.2 Å². The second-order valence-electron chi connectivity index (χ2n) is 6.11. The molecular formula is C20H20N2O4. The lowest BCUT2D eigenvalue weighted by Crippen LogP contribution is -2.48. The molecule has 0 spiro atoms. The summed E-state index contributed by atoms with van der Waals surface area (Å²) in [5.74, 6) is -0.517. The predicted molar refractivity (Wildman–Crippen MR) is 96.1 cm³/mol. The van der Waals surface area contributed by atoms with Crippen molar-refractivity contribution in [2.75, 3.05) is 13.2 Å². The zero-order valence-corrected chi connectivity index (χ0v) is 14.7. The lowest BCUT2D eigenvalue weighted by atomic mass is 10.1. The molecule has 6 nitrogen and oxygen atoms in total. The number of nitrogens with zero attached hydrogens (tertiary/aromatic N) is 1. The Morgan fingerprint density at radius 2 is 1.62 bits per heavy atom. The van der Waals surface area contributed by atoms with E-state index in [1.54, 1.807) is 31.2 Å². The number of carbonyl (C=O) groups is 3. The maximum absolute atomic E-state index is 12.4. The van der Waals surface area contributed by atoms with Crippen molar-refractivity contribution in [2.45, 2.75) is 19.9 Å². The topological polar surface area (TPSA) is 75.7 Å². The van der Waals surface area contributed by atoms with Gasteiger partial charge in [-0.1, -0.05) is 30.3 Å². The summed E-state index contributed by atoms with van der Waals surface area (Å²) in [7, 11) is 0. The summed E-state index contributed by atoms with van der Waals surface area (Å²) in [4.78, 5) is 38.2. The molecule has 3 rings (SSSR count). The van der Waals surface area contributed by atoms with E-state index in [9.17, 15) is 14.4 Å². The third-order valence-electron chi connectivity index (χ3n) is 4.34. The number of nitrogens with one attached hydrogen (secondary N) is 1. The summed E-state index contributed by atoms with van der Waals surface area (Å²) < 4.78 is 5.62. The van der Waals surface area contributed by atoms with Gasteiger partial charge < -0.3 is 10.1 Å². The fourth-order valence-electron chi connectivity index (χ4n) is 2.88. The van der Waals surface area contributed by atoms with Gasteiger partial charge in [0, 0.05) is 0 Å². The minimum absolute atomic E-state index is 0.278. The van der Waals surface area contributed by atoms with Crippen LogP contribution in [0.1, 0.15) is 33.2 Å². The second kappa shape index (κ2) is 7.39. The molecule has 1 N–H and O–H groups in total. The van der Waals surface area contributed by atoms with Crippen molar-refractivity contribution in [3.05, 3.63) is 65.2 Å². The first-order valence-corrected chi connectivity index (χ1v) is 8.43. The highest BCUT2D eigenvalue weighted by Crippen LogP contribution is 2.24. The van der Waals surface area contributed by atoms with Crippen LogP contribution in [-0.2, 0) is 4.79 Å². The lowest BCUT2D eigenvalue weighted by Gasteiger charge is -2.21. The number of hydrogen-bond acceptors (Lipinski definition) is 4. The molecule has 0 radical (unpaired) electrons. The number of aryl methyl sites for hydroxylation is 1. The fraction of sp³-hybridized carbons (Fsp3) is 0.250. The van der Waals surface area contributed by atoms with Gasteiger partial charge in [-0.25, -0.2) is 0 Å². The van der Waals surface area contributed by atoms with E-state index in [2.05, 4.69) is 5.32 Å². The second-order valence-corrected chi connectivity index (χ2v) is 6.11. The number of rotatable bonds is 6. The normalized spacial score (nSPS) is 14.2. The van der Waals surface area contributed by atoms with Crippen LogP contribution in [0.2, 0.25) is 0 Å². The van der Waals surface area contributed by atoms with Crippen LogP contribution in [0.15, 0.2) is 48.5 Å². The van der Waals surface area contributed by atoms with Gasteiger partial charge in [0.05, 0.1) is 17.7 Å². The summed E-state index contributed by atoms with van der Waals surface area (Å²) >= 11 is 0. The van der Waals surface area contributed by atoms with Crippen LogP contribution in [0.5, 0.6) is 5.75 Å². The van der Waals surface area contributed by atoms with Crippen molar-refractivity contribution in [1.29, 1.82) is 0 Å². The average Bonchev–Trinajstić information content (AvgIpc) is 2.90. The van der Waals surface area contributed by atoms with Gasteiger partial charge in [0.25, 0.3) is 11.8 Å². The smallest absolute Gasteiger partial charge is 0.262 e. The number of imide groups is 1. The minimum atomic E-state index is -0.888. The number of hydrogen-bond donors (Lipinski definition) is 1. The van der Waals surface area contributed by atoms with Crippen LogP contribution in [0.25, 0.3) is 0 Å². The molecule has 0 saturated carbocycles. The van der Waals surface area contributed by atoms with Gasteiger partial charge in [0.15, 0.2) is 0 Å². The van der Waals surface area contributed by atoms with Gasteiger partial charge >= 0.3 is 0 Å². The van der Waals surface area contributed by atoms with Crippen molar-refractivity contribution in [1.82, 2.24) is 10.2 Å². The first-order chi connectivity index (χ1) is 12.5. The number of fused-ring (bicyclic) bond motifs is 1. The molecule has 1 aliphatic heterocycles. The molecule has 0 aliphatic carbocycles. The van der Waals surface area contributed by atoms with Crippen LogP contribution in [-0.4, -0.2) is 41.8 Å². The van der Waals surface area contributed by atoms with E-state index in [1.165, 1.54) is 0 Å². The van der Waals surface area contributed by atoms with Gasteiger partial charge in [-0.05, 0) is 37.6 Å². The van der Waals surface area contributed by atoms with Gasteiger partial charge in [-0.2, -0.15) is 0 Å². The third kappa shape index (κ3) is 3.31. The zero-order valence-electron chi connectivity index (χ0n) is 14.7. The Morgan fingerprint density at radius 1 is 1.04 bits per heavy atom. The van der Waals surface area contributed by atoms with E-state index in [-0.39, 0.29) is 6.54 Å². The van der Waals surface area contributed by atoms with Crippen LogP contribution in [0.4, 0.5) is 0 Å². The Kier molecular flexibility index (Phi) is 5.02. The molecule has 0 bridgehead atoms. The number of amides is 3. The number of carbonyl (C=O) groups excluding carboxylic acids is 3. The third-order valence-corrected chi connectivity index (χ3v) is 4.34. The molecule has 1 atom stereocenters. The average molecular weight is 352 g/mol. The SMILES string of the molecule is Cc1ccccc1OCCNC(=O)C(C)N1C(=O)c2ccccc2C1=O. The molecule has 26 heavy (non-hydrogen) atoms. The molecular weight excluding hydrogens is 332 g/mol. The highest BCUT2D eigenvalue weighted by atomic mass is 16.5. The molecule has 2 aromatic rings. The number of para-hydroxylation sites is 1. The van der Waals surface area contributed by atoms with Crippen molar-refractivity contribution in [3.8, 4) is 5.75 Å². The Labute approximate surface area is 151 Å². The Hall–Kier alpha value is -3.15. The quantitative estimate of drug-likeness (QED) is 0.639. The van der Waals surface area contributed by atoms with Gasteiger partial charge in [-0.3, -0.25) is 19.3 Å². The molecule has 2 aromatic carbocycles. The Bertz CT molecular complexity index is 827. The summed E-state index contributed by atoms with van der Waals surface area (Å²) in [6.07, 6.45) is 0. The molecule has 1 unspecified atom stereocenters. The molecule has 3 amide bonds. The summed E-state index contributed by atoms with van der Waals surface area (Å²) in [5.41, 5.74) is 1.68. The maximum atomic E-state index is 12.4. The van der Waals surface area contributed by atoms with Crippen LogP contribution in [0.3, 0.4) is 0 Å². The van der Waals surface area contributed by atoms with Gasteiger partial charge in [0.1, 0.15) is 18.4 Å². The highest BCUT2D eigenvalue weighted by molar-refractivity contribution is 6.22. The summed E-state index contributed by atoms with van der Waals surface area (Å²) in [6.45, 7) is 4.06. The number of benzene rings is 2. The molecule has 0 fully saturated rings. The van der Waals surface area contributed by atoms with Crippen molar-refractivity contribution >= 4 is 17.7 Å². The Balaban J connectivity index is 1.55. The van der Waals surface area contributed by atoms with Crippen LogP contribution >= 0.6 is 0 Å². The van der Waals surface area contributed by atoms with Crippen molar-refractivity contribution in [3.63, 3.8) is 0 Å². The lowest BCUT2D eigenvalue weighted by molar-refractivity contribution is -0.124. The van der Waals surface area contributed by atoms with E-state index in [4.69, 9.17) is 4.74 Å². The molecule has 1 heterocycles. The molecule has 0 saturated heterocycles.